The summed E-state index contributed by atoms with van der Waals surface area (Å²) in [5, 5.41) is 3.08. The van der Waals surface area contributed by atoms with Crippen molar-refractivity contribution in [1.82, 2.24) is 9.98 Å². The Morgan fingerprint density at radius 2 is 2.50 bits per heavy atom. The Hall–Kier alpha value is -1.38. The van der Waals surface area contributed by atoms with Gasteiger partial charge in [-0.1, -0.05) is 4.99 Å². The lowest BCUT2D eigenvalue weighted by Gasteiger charge is -1.85. The SMILES string of the molecule is CC1=[N+]c2ncccc2N1. The highest BCUT2D eigenvalue weighted by Crippen LogP contribution is 2.19. The Morgan fingerprint density at radius 1 is 1.60 bits per heavy atom. The minimum Gasteiger partial charge on any atom is -0.269 e. The molecule has 0 bridgehead atoms. The average Bonchev–Trinajstić information content (AvgIpc) is 2.27. The van der Waals surface area contributed by atoms with Gasteiger partial charge < -0.3 is 0 Å². The van der Waals surface area contributed by atoms with Crippen molar-refractivity contribution in [3.05, 3.63) is 18.3 Å². The van der Waals surface area contributed by atoms with Gasteiger partial charge in [0.1, 0.15) is 6.20 Å². The van der Waals surface area contributed by atoms with Crippen molar-refractivity contribution in [1.29, 1.82) is 0 Å². The van der Waals surface area contributed by atoms with E-state index >= 15 is 0 Å². The van der Waals surface area contributed by atoms with Gasteiger partial charge in [0.05, 0.1) is 0 Å². The molecule has 0 saturated heterocycles. The predicted molar refractivity (Wildman–Crippen MR) is 40.3 cm³/mol. The van der Waals surface area contributed by atoms with Crippen LogP contribution in [0.2, 0.25) is 0 Å². The van der Waals surface area contributed by atoms with Crippen LogP contribution < -0.4 is 10.3 Å². The largest absolute Gasteiger partial charge is 0.336 e. The summed E-state index contributed by atoms with van der Waals surface area (Å²) in [6.45, 7) is 1.92. The van der Waals surface area contributed by atoms with Gasteiger partial charge in [0, 0.05) is 6.92 Å². The minimum atomic E-state index is 0.792. The molecule has 1 N–H and O–H groups in total. The molecule has 0 aromatic carbocycles. The van der Waals surface area contributed by atoms with E-state index in [-0.39, 0.29) is 0 Å². The van der Waals surface area contributed by atoms with Crippen molar-refractivity contribution in [2.45, 2.75) is 6.92 Å². The number of aromatic nitrogens is 1. The second-order valence-corrected chi connectivity index (χ2v) is 2.20. The van der Waals surface area contributed by atoms with Crippen LogP contribution in [-0.4, -0.2) is 10.8 Å². The maximum Gasteiger partial charge on any atom is 0.336 e. The first-order chi connectivity index (χ1) is 4.86. The fraction of sp³-hybridized carbons (Fsp3) is 0.143. The van der Waals surface area contributed by atoms with Gasteiger partial charge in [-0.25, -0.2) is 0 Å². The molecule has 10 heavy (non-hydrogen) atoms. The molecule has 3 nitrogen and oxygen atoms in total. The van der Waals surface area contributed by atoms with E-state index in [1.165, 1.54) is 0 Å². The molecule has 3 heteroatoms. The Balaban J connectivity index is 2.54. The van der Waals surface area contributed by atoms with E-state index in [9.17, 15) is 0 Å². The Kier molecular flexibility index (Phi) is 0.974. The number of rotatable bonds is 0. The normalized spacial score (nSPS) is 13.9. The Labute approximate surface area is 58.8 Å². The van der Waals surface area contributed by atoms with Gasteiger partial charge in [-0.05, 0) is 12.1 Å². The van der Waals surface area contributed by atoms with Gasteiger partial charge in [0.25, 0.3) is 0 Å². The standard InChI is InChI=1S/C7H7N3/c1-5-9-6-3-2-4-8-7(6)10-5/h2-4,9H,1H3/q+1. The highest BCUT2D eigenvalue weighted by atomic mass is 15.1. The molecule has 49 valence electrons. The van der Waals surface area contributed by atoms with Crippen LogP contribution in [0, 0.1) is 0 Å². The minimum absolute atomic E-state index is 0.792. The van der Waals surface area contributed by atoms with Gasteiger partial charge >= 0.3 is 5.82 Å². The van der Waals surface area contributed by atoms with Crippen LogP contribution in [0.25, 0.3) is 0 Å². The summed E-state index contributed by atoms with van der Waals surface area (Å²) < 4.78 is 0. The summed E-state index contributed by atoms with van der Waals surface area (Å²) in [6.07, 6.45) is 1.74. The lowest BCUT2D eigenvalue weighted by Crippen LogP contribution is -2.03. The van der Waals surface area contributed by atoms with Crippen molar-refractivity contribution < 1.29 is 0 Å². The zero-order valence-corrected chi connectivity index (χ0v) is 5.63. The van der Waals surface area contributed by atoms with Gasteiger partial charge in [-0.15, -0.1) is 4.98 Å². The van der Waals surface area contributed by atoms with E-state index < -0.39 is 0 Å². The molecule has 0 amide bonds. The highest BCUT2D eigenvalue weighted by Gasteiger charge is 2.19. The summed E-state index contributed by atoms with van der Waals surface area (Å²) in [6, 6.07) is 3.85. The molecule has 0 unspecified atom stereocenters. The molecular formula is C7H7N3+. The molecular weight excluding hydrogens is 126 g/mol. The van der Waals surface area contributed by atoms with Crippen LogP contribution in [0.3, 0.4) is 0 Å². The third-order valence-electron chi connectivity index (χ3n) is 1.38. The van der Waals surface area contributed by atoms with E-state index in [0.29, 0.717) is 0 Å². The number of anilines is 1. The third kappa shape index (κ3) is 0.673. The van der Waals surface area contributed by atoms with Crippen molar-refractivity contribution in [3.63, 3.8) is 0 Å². The summed E-state index contributed by atoms with van der Waals surface area (Å²) in [7, 11) is 0. The molecule has 0 aliphatic carbocycles. The van der Waals surface area contributed by atoms with Crippen LogP contribution >= 0.6 is 0 Å². The zero-order valence-electron chi connectivity index (χ0n) is 5.63. The van der Waals surface area contributed by atoms with E-state index in [4.69, 9.17) is 0 Å². The molecule has 1 radical (unpaired) electrons. The molecule has 1 aromatic heterocycles. The molecule has 1 aliphatic heterocycles. The molecule has 0 fully saturated rings. The molecule has 1 aromatic rings. The summed E-state index contributed by atoms with van der Waals surface area (Å²) >= 11 is 0. The molecule has 0 spiro atoms. The monoisotopic (exact) mass is 133 g/mol. The van der Waals surface area contributed by atoms with Crippen molar-refractivity contribution in [2.24, 2.45) is 0 Å². The molecule has 2 heterocycles. The smallest absolute Gasteiger partial charge is 0.269 e. The number of pyridine rings is 1. The maximum atomic E-state index is 4.15. The number of aliphatic imine (C=N–C) groups is 1. The van der Waals surface area contributed by atoms with Crippen LogP contribution in [0.4, 0.5) is 11.5 Å². The summed E-state index contributed by atoms with van der Waals surface area (Å²) in [5.74, 6) is 1.70. The number of fused-ring (bicyclic) bond motifs is 1. The van der Waals surface area contributed by atoms with Crippen LogP contribution in [0.15, 0.2) is 18.3 Å². The quantitative estimate of drug-likeness (QED) is 0.571. The lowest BCUT2D eigenvalue weighted by molar-refractivity contribution is 1.23. The first-order valence-corrected chi connectivity index (χ1v) is 3.13. The van der Waals surface area contributed by atoms with E-state index in [1.54, 1.807) is 6.20 Å². The second kappa shape index (κ2) is 1.80. The van der Waals surface area contributed by atoms with E-state index in [2.05, 4.69) is 15.3 Å². The summed E-state index contributed by atoms with van der Waals surface area (Å²) in [4.78, 5) is 8.21. The van der Waals surface area contributed by atoms with E-state index in [1.807, 2.05) is 19.1 Å². The van der Waals surface area contributed by atoms with Crippen molar-refractivity contribution >= 4 is 17.3 Å². The first kappa shape index (κ1) is 5.41. The number of amidine groups is 1. The molecule has 1 aliphatic rings. The Morgan fingerprint density at radius 3 is 3.30 bits per heavy atom. The first-order valence-electron chi connectivity index (χ1n) is 3.13. The fourth-order valence-electron chi connectivity index (χ4n) is 0.965. The maximum absolute atomic E-state index is 4.15. The molecule has 0 saturated carbocycles. The van der Waals surface area contributed by atoms with Gasteiger partial charge in [0.15, 0.2) is 5.69 Å². The summed E-state index contributed by atoms with van der Waals surface area (Å²) in [5.41, 5.74) is 1.00. The highest BCUT2D eigenvalue weighted by molar-refractivity contribution is 6.00. The van der Waals surface area contributed by atoms with Crippen LogP contribution in [-0.2, 0) is 0 Å². The van der Waals surface area contributed by atoms with Crippen molar-refractivity contribution in [2.75, 3.05) is 5.32 Å². The number of hydrogen-bond donors (Lipinski definition) is 1. The number of hydrogen-bond acceptors (Lipinski definition) is 3. The zero-order chi connectivity index (χ0) is 6.97. The third-order valence-corrected chi connectivity index (χ3v) is 1.38. The number of nitrogens with zero attached hydrogens (tertiary/aromatic N) is 2. The van der Waals surface area contributed by atoms with Crippen molar-refractivity contribution in [3.8, 4) is 0 Å². The van der Waals surface area contributed by atoms with Gasteiger partial charge in [-0.3, -0.25) is 5.32 Å². The van der Waals surface area contributed by atoms with Crippen LogP contribution in [0.5, 0.6) is 0 Å². The number of nitrogens with one attached hydrogen (secondary N) is 1. The molecule has 0 atom stereocenters. The fourth-order valence-corrected chi connectivity index (χ4v) is 0.965. The molecule has 2 rings (SSSR count). The Bertz CT molecular complexity index is 291. The lowest BCUT2D eigenvalue weighted by atomic mass is 10.4. The van der Waals surface area contributed by atoms with E-state index in [0.717, 1.165) is 17.3 Å². The average molecular weight is 133 g/mol. The second-order valence-electron chi connectivity index (χ2n) is 2.20. The topological polar surface area (TPSA) is 39.0 Å². The predicted octanol–water partition coefficient (Wildman–Crippen LogP) is 0.893. The van der Waals surface area contributed by atoms with Crippen LogP contribution in [0.1, 0.15) is 6.92 Å². The van der Waals surface area contributed by atoms with Gasteiger partial charge in [0.2, 0.25) is 5.84 Å². The van der Waals surface area contributed by atoms with Gasteiger partial charge in [-0.2, -0.15) is 0 Å².